The lowest BCUT2D eigenvalue weighted by Crippen LogP contribution is -2.34. The zero-order valence-electron chi connectivity index (χ0n) is 14.9. The fourth-order valence-corrected chi connectivity index (χ4v) is 3.38. The van der Waals surface area contributed by atoms with Crippen molar-refractivity contribution in [2.75, 3.05) is 31.6 Å². The van der Waals surface area contributed by atoms with Crippen LogP contribution in [-0.2, 0) is 4.79 Å². The summed E-state index contributed by atoms with van der Waals surface area (Å²) >= 11 is 0. The molecule has 1 aliphatic rings. The van der Waals surface area contributed by atoms with Crippen molar-refractivity contribution in [3.05, 3.63) is 54.6 Å². The van der Waals surface area contributed by atoms with Crippen LogP contribution < -0.4 is 4.90 Å². The second kappa shape index (κ2) is 7.12. The molecule has 0 N–H and O–H groups in total. The Kier molecular flexibility index (Phi) is 4.52. The summed E-state index contributed by atoms with van der Waals surface area (Å²) < 4.78 is 0. The first kappa shape index (κ1) is 16.5. The average Bonchev–Trinajstić information content (AvgIpc) is 3.10. The van der Waals surface area contributed by atoms with Crippen molar-refractivity contribution in [3.63, 3.8) is 0 Å². The highest BCUT2D eigenvalue weighted by Gasteiger charge is 2.20. The number of anilines is 1. The van der Waals surface area contributed by atoms with E-state index in [1.807, 2.05) is 60.5 Å². The van der Waals surface area contributed by atoms with Crippen molar-refractivity contribution in [2.24, 2.45) is 0 Å². The van der Waals surface area contributed by atoms with E-state index in [9.17, 15) is 4.79 Å². The molecule has 0 unspecified atom stereocenters. The van der Waals surface area contributed by atoms with E-state index in [0.717, 1.165) is 54.2 Å². The first-order valence-corrected chi connectivity index (χ1v) is 9.03. The molecule has 0 radical (unpaired) electrons. The molecular weight excluding hydrogens is 324 g/mol. The summed E-state index contributed by atoms with van der Waals surface area (Å²) in [6, 6.07) is 18.1. The Morgan fingerprint density at radius 1 is 1.04 bits per heavy atom. The summed E-state index contributed by atoms with van der Waals surface area (Å²) in [5, 5.41) is 1.03. The average molecular weight is 346 g/mol. The van der Waals surface area contributed by atoms with Crippen LogP contribution in [0.15, 0.2) is 54.6 Å². The van der Waals surface area contributed by atoms with Crippen LogP contribution in [0.1, 0.15) is 12.8 Å². The molecule has 132 valence electrons. The number of nitrogens with zero attached hydrogens (tertiary/aromatic N) is 4. The van der Waals surface area contributed by atoms with Crippen LogP contribution in [0.3, 0.4) is 0 Å². The van der Waals surface area contributed by atoms with Gasteiger partial charge in [-0.2, -0.15) is 0 Å². The van der Waals surface area contributed by atoms with Gasteiger partial charge in [-0.15, -0.1) is 0 Å². The standard InChI is InChI=1S/C21H22N4O/c1-24(14-15-25-13-7-12-19(25)26)21-17-10-5-6-11-18(17)22-20(23-21)16-8-3-2-4-9-16/h2-6,8-11H,7,12-15H2,1H3. The molecule has 3 aromatic rings. The van der Waals surface area contributed by atoms with E-state index in [4.69, 9.17) is 9.97 Å². The molecule has 1 aromatic heterocycles. The highest BCUT2D eigenvalue weighted by atomic mass is 16.2. The smallest absolute Gasteiger partial charge is 0.222 e. The number of para-hydroxylation sites is 1. The van der Waals surface area contributed by atoms with Gasteiger partial charge in [0.2, 0.25) is 5.91 Å². The molecule has 1 amide bonds. The Morgan fingerprint density at radius 3 is 2.58 bits per heavy atom. The highest BCUT2D eigenvalue weighted by molar-refractivity contribution is 5.91. The van der Waals surface area contributed by atoms with Crippen LogP contribution >= 0.6 is 0 Å². The van der Waals surface area contributed by atoms with E-state index >= 15 is 0 Å². The third-order valence-electron chi connectivity index (χ3n) is 4.85. The zero-order valence-corrected chi connectivity index (χ0v) is 14.9. The number of benzene rings is 2. The Balaban J connectivity index is 1.67. The summed E-state index contributed by atoms with van der Waals surface area (Å²) in [5.74, 6) is 1.89. The molecule has 5 heteroatoms. The van der Waals surface area contributed by atoms with Crippen molar-refractivity contribution in [1.29, 1.82) is 0 Å². The quantitative estimate of drug-likeness (QED) is 0.711. The van der Waals surface area contributed by atoms with Gasteiger partial charge in [-0.1, -0.05) is 42.5 Å². The number of rotatable bonds is 5. The van der Waals surface area contributed by atoms with Crippen molar-refractivity contribution in [2.45, 2.75) is 12.8 Å². The van der Waals surface area contributed by atoms with Gasteiger partial charge in [0.25, 0.3) is 0 Å². The van der Waals surface area contributed by atoms with Crippen LogP contribution in [0.5, 0.6) is 0 Å². The van der Waals surface area contributed by atoms with Crippen LogP contribution in [-0.4, -0.2) is 47.5 Å². The maximum absolute atomic E-state index is 11.9. The lowest BCUT2D eigenvalue weighted by molar-refractivity contribution is -0.127. The number of aromatic nitrogens is 2. The van der Waals surface area contributed by atoms with Crippen LogP contribution in [0.2, 0.25) is 0 Å². The van der Waals surface area contributed by atoms with E-state index in [-0.39, 0.29) is 5.91 Å². The number of hydrogen-bond acceptors (Lipinski definition) is 4. The topological polar surface area (TPSA) is 49.3 Å². The molecule has 1 aliphatic heterocycles. The molecule has 1 fully saturated rings. The van der Waals surface area contributed by atoms with Crippen LogP contribution in [0.4, 0.5) is 5.82 Å². The van der Waals surface area contributed by atoms with Gasteiger partial charge in [0.1, 0.15) is 5.82 Å². The van der Waals surface area contributed by atoms with E-state index < -0.39 is 0 Å². The van der Waals surface area contributed by atoms with Crippen molar-refractivity contribution < 1.29 is 4.79 Å². The first-order chi connectivity index (χ1) is 12.7. The fraction of sp³-hybridized carbons (Fsp3) is 0.286. The molecule has 0 atom stereocenters. The van der Waals surface area contributed by atoms with Gasteiger partial charge in [0.05, 0.1) is 5.52 Å². The van der Waals surface area contributed by atoms with Gasteiger partial charge < -0.3 is 9.80 Å². The molecule has 2 heterocycles. The van der Waals surface area contributed by atoms with Gasteiger partial charge in [-0.3, -0.25) is 4.79 Å². The normalized spacial score (nSPS) is 14.2. The summed E-state index contributed by atoms with van der Waals surface area (Å²) in [7, 11) is 2.03. The molecule has 0 spiro atoms. The maximum atomic E-state index is 11.9. The molecule has 0 bridgehead atoms. The summed E-state index contributed by atoms with van der Waals surface area (Å²) in [5.41, 5.74) is 1.93. The number of fused-ring (bicyclic) bond motifs is 1. The third kappa shape index (κ3) is 3.25. The van der Waals surface area contributed by atoms with Gasteiger partial charge in [0, 0.05) is 44.1 Å². The fourth-order valence-electron chi connectivity index (χ4n) is 3.38. The number of carbonyl (C=O) groups excluding carboxylic acids is 1. The minimum Gasteiger partial charge on any atom is -0.357 e. The molecule has 1 saturated heterocycles. The zero-order chi connectivity index (χ0) is 17.9. The molecule has 0 aliphatic carbocycles. The molecule has 0 saturated carbocycles. The van der Waals surface area contributed by atoms with E-state index in [0.29, 0.717) is 6.42 Å². The third-order valence-corrected chi connectivity index (χ3v) is 4.85. The van der Waals surface area contributed by atoms with Crippen LogP contribution in [0.25, 0.3) is 22.3 Å². The van der Waals surface area contributed by atoms with Crippen molar-refractivity contribution >= 4 is 22.6 Å². The Labute approximate surface area is 153 Å². The van der Waals surface area contributed by atoms with E-state index in [2.05, 4.69) is 11.0 Å². The number of likely N-dealkylation sites (N-methyl/N-ethyl adjacent to an activating group) is 1. The van der Waals surface area contributed by atoms with Gasteiger partial charge in [-0.25, -0.2) is 9.97 Å². The first-order valence-electron chi connectivity index (χ1n) is 9.03. The summed E-state index contributed by atoms with van der Waals surface area (Å²) in [4.78, 5) is 25.5. The lowest BCUT2D eigenvalue weighted by atomic mass is 10.2. The van der Waals surface area contributed by atoms with Crippen molar-refractivity contribution in [1.82, 2.24) is 14.9 Å². The molecule has 5 nitrogen and oxygen atoms in total. The largest absolute Gasteiger partial charge is 0.357 e. The molecule has 26 heavy (non-hydrogen) atoms. The lowest BCUT2D eigenvalue weighted by Gasteiger charge is -2.24. The number of likely N-dealkylation sites (tertiary alicyclic amines) is 1. The van der Waals surface area contributed by atoms with E-state index in [1.54, 1.807) is 0 Å². The van der Waals surface area contributed by atoms with Gasteiger partial charge in [-0.05, 0) is 18.6 Å². The number of hydrogen-bond donors (Lipinski definition) is 0. The number of carbonyl (C=O) groups is 1. The molecular formula is C21H22N4O. The highest BCUT2D eigenvalue weighted by Crippen LogP contribution is 2.27. The molecule has 4 rings (SSSR count). The Bertz CT molecular complexity index is 926. The van der Waals surface area contributed by atoms with Crippen molar-refractivity contribution in [3.8, 4) is 11.4 Å². The number of amides is 1. The maximum Gasteiger partial charge on any atom is 0.222 e. The second-order valence-corrected chi connectivity index (χ2v) is 6.66. The summed E-state index contributed by atoms with van der Waals surface area (Å²) in [6.45, 7) is 2.35. The monoisotopic (exact) mass is 346 g/mol. The predicted molar refractivity (Wildman–Crippen MR) is 104 cm³/mol. The minimum atomic E-state index is 0.260. The minimum absolute atomic E-state index is 0.260. The van der Waals surface area contributed by atoms with E-state index in [1.165, 1.54) is 0 Å². The Hall–Kier alpha value is -2.95. The predicted octanol–water partition coefficient (Wildman–Crippen LogP) is 3.36. The van der Waals surface area contributed by atoms with Crippen LogP contribution in [0, 0.1) is 0 Å². The van der Waals surface area contributed by atoms with Gasteiger partial charge >= 0.3 is 0 Å². The molecule has 2 aromatic carbocycles. The Morgan fingerprint density at radius 2 is 1.81 bits per heavy atom. The second-order valence-electron chi connectivity index (χ2n) is 6.66. The SMILES string of the molecule is CN(CCN1CCCC1=O)c1nc(-c2ccccc2)nc2ccccc12. The van der Waals surface area contributed by atoms with Gasteiger partial charge in [0.15, 0.2) is 5.82 Å². The summed E-state index contributed by atoms with van der Waals surface area (Å²) in [6.07, 6.45) is 1.65.